The number of rotatable bonds is 11. The van der Waals surface area contributed by atoms with E-state index < -0.39 is 18.8 Å². The second-order valence-electron chi connectivity index (χ2n) is 14.5. The summed E-state index contributed by atoms with van der Waals surface area (Å²) >= 11 is 0. The topological polar surface area (TPSA) is 61.4 Å². The molecule has 5 aromatic carbocycles. The number of anilines is 2. The SMILES string of the molecule is C=CC1CN2CCC1CC2C(Nc1c(N[C@H](C)C2CCCC2P(c2ccccc2)c2ccccc2)c(=O)c1=O)c1cccc2ccccc12. The van der Waals surface area contributed by atoms with E-state index in [2.05, 4.69) is 138 Å². The molecule has 0 amide bonds. The Morgan fingerprint density at radius 2 is 1.45 bits per heavy atom. The molecule has 3 heterocycles. The third kappa shape index (κ3) is 5.96. The predicted octanol–water partition coefficient (Wildman–Crippen LogP) is 7.59. The van der Waals surface area contributed by atoms with E-state index in [-0.39, 0.29) is 18.1 Å². The van der Waals surface area contributed by atoms with Gasteiger partial charge in [-0.05, 0) is 97.4 Å². The molecule has 0 spiro atoms. The molecule has 4 aliphatic rings. The molecule has 1 aliphatic carbocycles. The molecule has 4 fully saturated rings. The molecule has 5 nitrogen and oxygen atoms in total. The van der Waals surface area contributed by atoms with Gasteiger partial charge in [0, 0.05) is 18.6 Å². The number of nitrogens with one attached hydrogen (secondary N) is 2. The summed E-state index contributed by atoms with van der Waals surface area (Å²) in [5, 5.41) is 12.6. The maximum atomic E-state index is 13.5. The van der Waals surface area contributed by atoms with Crippen molar-refractivity contribution in [3.8, 4) is 0 Å². The van der Waals surface area contributed by atoms with E-state index in [4.69, 9.17) is 0 Å². The molecule has 250 valence electrons. The Morgan fingerprint density at radius 1 is 0.796 bits per heavy atom. The van der Waals surface area contributed by atoms with Crippen molar-refractivity contribution in [3.63, 3.8) is 0 Å². The quantitative estimate of drug-likeness (QED) is 0.0864. The van der Waals surface area contributed by atoms with Gasteiger partial charge in [0.1, 0.15) is 11.4 Å². The Labute approximate surface area is 290 Å². The summed E-state index contributed by atoms with van der Waals surface area (Å²) in [5.74, 6) is 1.47. The molecule has 3 aliphatic heterocycles. The van der Waals surface area contributed by atoms with Crippen LogP contribution in [-0.4, -0.2) is 35.7 Å². The number of piperidine rings is 3. The Hall–Kier alpha value is -4.05. The van der Waals surface area contributed by atoms with Crippen molar-refractivity contribution in [2.24, 2.45) is 17.8 Å². The van der Waals surface area contributed by atoms with E-state index in [0.717, 1.165) is 32.4 Å². The molecule has 3 saturated heterocycles. The molecule has 0 aromatic heterocycles. The van der Waals surface area contributed by atoms with Crippen LogP contribution in [0.15, 0.2) is 125 Å². The van der Waals surface area contributed by atoms with Crippen LogP contribution in [0.2, 0.25) is 0 Å². The Kier molecular flexibility index (Phi) is 8.99. The van der Waals surface area contributed by atoms with Gasteiger partial charge >= 0.3 is 0 Å². The highest BCUT2D eigenvalue weighted by atomic mass is 31.1. The van der Waals surface area contributed by atoms with Crippen LogP contribution >= 0.6 is 7.92 Å². The molecular formula is C43H46N3O2P. The summed E-state index contributed by atoms with van der Waals surface area (Å²) in [7, 11) is -0.580. The van der Waals surface area contributed by atoms with Gasteiger partial charge in [-0.25, -0.2) is 0 Å². The first-order chi connectivity index (χ1) is 24.0. The fourth-order valence-corrected chi connectivity index (χ4v) is 12.6. The second-order valence-corrected chi connectivity index (χ2v) is 16.9. The van der Waals surface area contributed by atoms with Gasteiger partial charge in [0.15, 0.2) is 0 Å². The van der Waals surface area contributed by atoms with Crippen LogP contribution in [0, 0.1) is 17.8 Å². The maximum Gasteiger partial charge on any atom is 0.253 e. The molecule has 5 aromatic rings. The molecule has 1 saturated carbocycles. The number of nitrogens with zero attached hydrogens (tertiary/aromatic N) is 1. The van der Waals surface area contributed by atoms with Crippen molar-refractivity contribution in [1.29, 1.82) is 0 Å². The summed E-state index contributed by atoms with van der Waals surface area (Å²) in [6.07, 6.45) is 7.79. The third-order valence-corrected chi connectivity index (χ3v) is 14.9. The van der Waals surface area contributed by atoms with E-state index in [1.54, 1.807) is 0 Å². The minimum absolute atomic E-state index is 0.0487. The van der Waals surface area contributed by atoms with Gasteiger partial charge in [0.25, 0.3) is 10.9 Å². The van der Waals surface area contributed by atoms with Gasteiger partial charge in [0.2, 0.25) is 0 Å². The van der Waals surface area contributed by atoms with E-state index in [1.807, 2.05) is 0 Å². The van der Waals surface area contributed by atoms with Crippen molar-refractivity contribution in [2.45, 2.75) is 62.8 Å². The van der Waals surface area contributed by atoms with E-state index in [9.17, 15) is 9.59 Å². The first-order valence-corrected chi connectivity index (χ1v) is 19.5. The van der Waals surface area contributed by atoms with Crippen molar-refractivity contribution in [1.82, 2.24) is 4.90 Å². The predicted molar refractivity (Wildman–Crippen MR) is 207 cm³/mol. The molecule has 2 bridgehead atoms. The highest BCUT2D eigenvalue weighted by Gasteiger charge is 2.44. The zero-order valence-corrected chi connectivity index (χ0v) is 29.2. The van der Waals surface area contributed by atoms with Crippen LogP contribution in [0.1, 0.15) is 50.6 Å². The second kappa shape index (κ2) is 13.7. The molecular weight excluding hydrogens is 621 g/mol. The first kappa shape index (κ1) is 32.2. The lowest BCUT2D eigenvalue weighted by Gasteiger charge is -2.52. The van der Waals surface area contributed by atoms with Crippen LogP contribution < -0.4 is 32.1 Å². The Bertz CT molecular complexity index is 1960. The standard InChI is InChI=1S/C43H46N3O2P/c1-3-29-27-46-25-24-31(29)26-37(46)39(36-22-12-15-30-14-10-11-20-35(30)36)45-41-40(42(47)43(41)48)44-28(2)34-21-13-23-38(34)49(32-16-6-4-7-17-32)33-18-8-5-9-19-33/h3-12,14-20,22,28-29,31,34,37-39,44-45H,1,13,21,23-27H2,2H3/t28-,29?,31?,34?,37?,38?,39?/m1/s1. The fourth-order valence-electron chi connectivity index (χ4n) is 9.37. The zero-order valence-electron chi connectivity index (χ0n) is 28.3. The van der Waals surface area contributed by atoms with Crippen LogP contribution in [-0.2, 0) is 0 Å². The minimum atomic E-state index is -0.580. The van der Waals surface area contributed by atoms with Gasteiger partial charge in [-0.2, -0.15) is 0 Å². The highest BCUT2D eigenvalue weighted by Crippen LogP contribution is 2.51. The molecule has 49 heavy (non-hydrogen) atoms. The monoisotopic (exact) mass is 667 g/mol. The van der Waals surface area contributed by atoms with Crippen molar-refractivity contribution >= 4 is 40.7 Å². The Morgan fingerprint density at radius 3 is 2.12 bits per heavy atom. The van der Waals surface area contributed by atoms with Crippen molar-refractivity contribution in [3.05, 3.63) is 142 Å². The molecule has 2 N–H and O–H groups in total. The summed E-state index contributed by atoms with van der Waals surface area (Å²) in [6, 6.07) is 37.0. The van der Waals surface area contributed by atoms with E-state index in [0.29, 0.717) is 34.8 Å². The number of hydrogen-bond acceptors (Lipinski definition) is 5. The largest absolute Gasteiger partial charge is 0.377 e. The molecule has 7 unspecified atom stereocenters. The molecule has 8 atom stereocenters. The average molecular weight is 668 g/mol. The van der Waals surface area contributed by atoms with Gasteiger partial charge in [-0.1, -0.05) is 116 Å². The average Bonchev–Trinajstić information content (AvgIpc) is 3.65. The first-order valence-electron chi connectivity index (χ1n) is 18.1. The van der Waals surface area contributed by atoms with Gasteiger partial charge < -0.3 is 10.6 Å². The van der Waals surface area contributed by atoms with Gasteiger partial charge in [-0.15, -0.1) is 6.58 Å². The summed E-state index contributed by atoms with van der Waals surface area (Å²) in [4.78, 5) is 29.4. The number of fused-ring (bicyclic) bond motifs is 4. The normalized spacial score (nSPS) is 26.2. The van der Waals surface area contributed by atoms with Crippen LogP contribution in [0.25, 0.3) is 10.8 Å². The molecule has 9 rings (SSSR count). The lowest BCUT2D eigenvalue weighted by Crippen LogP contribution is -2.56. The Balaban J connectivity index is 1.10. The number of hydrogen-bond donors (Lipinski definition) is 2. The lowest BCUT2D eigenvalue weighted by atomic mass is 9.72. The summed E-state index contributed by atoms with van der Waals surface area (Å²) in [5.41, 5.74) is 1.80. The highest BCUT2D eigenvalue weighted by molar-refractivity contribution is 7.73. The smallest absolute Gasteiger partial charge is 0.253 e. The van der Waals surface area contributed by atoms with Gasteiger partial charge in [-0.3, -0.25) is 14.5 Å². The number of benzene rings is 4. The molecule has 6 heteroatoms. The van der Waals surface area contributed by atoms with Crippen LogP contribution in [0.5, 0.6) is 0 Å². The summed E-state index contributed by atoms with van der Waals surface area (Å²) < 4.78 is 0. The lowest BCUT2D eigenvalue weighted by molar-refractivity contribution is 0.0105. The molecule has 0 radical (unpaired) electrons. The van der Waals surface area contributed by atoms with Crippen LogP contribution in [0.3, 0.4) is 0 Å². The minimum Gasteiger partial charge on any atom is -0.377 e. The fraction of sp³-hybridized carbons (Fsp3) is 0.349. The van der Waals surface area contributed by atoms with Crippen molar-refractivity contribution < 1.29 is 0 Å². The van der Waals surface area contributed by atoms with Crippen LogP contribution in [0.4, 0.5) is 11.4 Å². The zero-order chi connectivity index (χ0) is 33.5. The van der Waals surface area contributed by atoms with Crippen molar-refractivity contribution in [2.75, 3.05) is 23.7 Å². The summed E-state index contributed by atoms with van der Waals surface area (Å²) in [6.45, 7) is 8.40. The van der Waals surface area contributed by atoms with Gasteiger partial charge in [0.05, 0.1) is 6.04 Å². The maximum absolute atomic E-state index is 13.5. The van der Waals surface area contributed by atoms with E-state index >= 15 is 0 Å². The van der Waals surface area contributed by atoms with E-state index in [1.165, 1.54) is 39.8 Å². The third-order valence-electron chi connectivity index (χ3n) is 11.9.